The van der Waals surface area contributed by atoms with Crippen LogP contribution in [0.5, 0.6) is 5.75 Å². The number of ether oxygens (including phenoxy) is 2. The normalized spacial score (nSPS) is 14.4. The number of pyridine rings is 1. The Morgan fingerprint density at radius 1 is 0.970 bits per heavy atom. The summed E-state index contributed by atoms with van der Waals surface area (Å²) in [4.78, 5) is 23.0. The Bertz CT molecular complexity index is 1410. The van der Waals surface area contributed by atoms with Crippen molar-refractivity contribution in [1.29, 1.82) is 0 Å². The van der Waals surface area contributed by atoms with Gasteiger partial charge in [-0.3, -0.25) is 0 Å². The van der Waals surface area contributed by atoms with Crippen molar-refractivity contribution >= 4 is 40.6 Å². The molecule has 3 aromatic carbocycles. The maximum atomic E-state index is 12.6. The number of methoxy groups -OCH3 is 1. The minimum Gasteiger partial charge on any atom is -0.497 e. The lowest BCUT2D eigenvalue weighted by Gasteiger charge is -2.08. The molecule has 0 fully saturated rings. The van der Waals surface area contributed by atoms with Crippen LogP contribution in [0.2, 0.25) is 0 Å². The van der Waals surface area contributed by atoms with Crippen molar-refractivity contribution in [2.24, 2.45) is 4.99 Å². The average Bonchev–Trinajstić information content (AvgIpc) is 3.20. The quantitative estimate of drug-likeness (QED) is 0.273. The van der Waals surface area contributed by atoms with Crippen LogP contribution in [0.4, 0.5) is 0 Å². The maximum absolute atomic E-state index is 12.6. The molecule has 4 aromatic rings. The number of aryl methyl sites for hydroxylation is 1. The van der Waals surface area contributed by atoms with Gasteiger partial charge in [-0.2, -0.15) is 0 Å². The predicted molar refractivity (Wildman–Crippen MR) is 131 cm³/mol. The first-order valence-electron chi connectivity index (χ1n) is 10.4. The number of carbonyl (C=O) groups is 1. The molecular weight excluding hydrogens is 432 g/mol. The van der Waals surface area contributed by atoms with Gasteiger partial charge in [-0.25, -0.2) is 14.8 Å². The van der Waals surface area contributed by atoms with Gasteiger partial charge in [0, 0.05) is 21.4 Å². The summed E-state index contributed by atoms with van der Waals surface area (Å²) in [5.41, 5.74) is 3.81. The van der Waals surface area contributed by atoms with Gasteiger partial charge in [0.25, 0.3) is 0 Å². The van der Waals surface area contributed by atoms with Crippen LogP contribution >= 0.6 is 11.8 Å². The molecule has 0 spiro atoms. The molecule has 1 aliphatic heterocycles. The zero-order valence-electron chi connectivity index (χ0n) is 18.1. The Balaban J connectivity index is 1.57. The van der Waals surface area contributed by atoms with Gasteiger partial charge < -0.3 is 9.47 Å². The van der Waals surface area contributed by atoms with Gasteiger partial charge in [-0.15, -0.1) is 0 Å². The smallest absolute Gasteiger partial charge is 0.363 e. The molecule has 1 aromatic heterocycles. The van der Waals surface area contributed by atoms with Gasteiger partial charge in [-0.05, 0) is 67.1 Å². The van der Waals surface area contributed by atoms with E-state index in [9.17, 15) is 4.79 Å². The Kier molecular flexibility index (Phi) is 5.67. The number of nitrogens with zero attached hydrogens (tertiary/aromatic N) is 2. The molecule has 0 bridgehead atoms. The molecule has 0 unspecified atom stereocenters. The van der Waals surface area contributed by atoms with E-state index >= 15 is 0 Å². The highest BCUT2D eigenvalue weighted by Crippen LogP contribution is 2.33. The number of hydrogen-bond donors (Lipinski definition) is 0. The number of cyclic esters (lactones) is 1. The molecule has 0 amide bonds. The third-order valence-electron chi connectivity index (χ3n) is 5.17. The molecule has 0 saturated heterocycles. The molecule has 33 heavy (non-hydrogen) atoms. The van der Waals surface area contributed by atoms with Crippen LogP contribution in [-0.2, 0) is 9.53 Å². The topological polar surface area (TPSA) is 60.8 Å². The number of carbonyl (C=O) groups excluding carboxylic acids is 1. The summed E-state index contributed by atoms with van der Waals surface area (Å²) in [6, 6.07) is 25.4. The lowest BCUT2D eigenvalue weighted by atomic mass is 10.1. The molecule has 6 heteroatoms. The fraction of sp³-hybridized carbons (Fsp3) is 0.0741. The van der Waals surface area contributed by atoms with Crippen LogP contribution < -0.4 is 4.74 Å². The van der Waals surface area contributed by atoms with E-state index in [1.165, 1.54) is 0 Å². The highest BCUT2D eigenvalue weighted by molar-refractivity contribution is 7.99. The third-order valence-corrected chi connectivity index (χ3v) is 6.20. The van der Waals surface area contributed by atoms with Crippen molar-refractivity contribution in [1.82, 2.24) is 4.98 Å². The van der Waals surface area contributed by atoms with Crippen LogP contribution in [0.15, 0.2) is 99.5 Å². The second kappa shape index (κ2) is 8.92. The summed E-state index contributed by atoms with van der Waals surface area (Å²) in [6.07, 6.45) is 1.75. The molecular formula is C27H20N2O3S. The van der Waals surface area contributed by atoms with Crippen LogP contribution in [0.1, 0.15) is 16.7 Å². The van der Waals surface area contributed by atoms with Crippen LogP contribution in [0.25, 0.3) is 17.0 Å². The van der Waals surface area contributed by atoms with E-state index in [0.29, 0.717) is 5.56 Å². The summed E-state index contributed by atoms with van der Waals surface area (Å²) in [5.74, 6) is 0.510. The van der Waals surface area contributed by atoms with Crippen LogP contribution in [0.3, 0.4) is 0 Å². The van der Waals surface area contributed by atoms with E-state index in [2.05, 4.69) is 17.1 Å². The minimum atomic E-state index is -0.486. The maximum Gasteiger partial charge on any atom is 0.363 e. The molecule has 162 valence electrons. The first-order valence-corrected chi connectivity index (χ1v) is 11.2. The SMILES string of the molecule is COc1ccc(C2=NC(=Cc3cc4ccc(C)cc4nc3Sc3ccccc3)C(=O)O2)cc1. The third kappa shape index (κ3) is 4.52. The van der Waals surface area contributed by atoms with Gasteiger partial charge >= 0.3 is 5.97 Å². The molecule has 0 atom stereocenters. The van der Waals surface area contributed by atoms with Gasteiger partial charge in [0.15, 0.2) is 5.70 Å². The number of benzene rings is 3. The zero-order valence-corrected chi connectivity index (χ0v) is 18.9. The van der Waals surface area contributed by atoms with E-state index < -0.39 is 5.97 Å². The van der Waals surface area contributed by atoms with E-state index in [-0.39, 0.29) is 11.6 Å². The summed E-state index contributed by atoms with van der Waals surface area (Å²) in [7, 11) is 1.60. The molecule has 0 aliphatic carbocycles. The monoisotopic (exact) mass is 452 g/mol. The highest BCUT2D eigenvalue weighted by atomic mass is 32.2. The van der Waals surface area contributed by atoms with E-state index in [4.69, 9.17) is 14.5 Å². The Morgan fingerprint density at radius 3 is 2.52 bits per heavy atom. The second-order valence-corrected chi connectivity index (χ2v) is 8.62. The number of esters is 1. The summed E-state index contributed by atoms with van der Waals surface area (Å²) >= 11 is 1.55. The minimum absolute atomic E-state index is 0.240. The van der Waals surface area contributed by atoms with Crippen LogP contribution in [-0.4, -0.2) is 24.0 Å². The fourth-order valence-electron chi connectivity index (χ4n) is 3.47. The first kappa shape index (κ1) is 21.0. The predicted octanol–water partition coefficient (Wildman–Crippen LogP) is 6.05. The highest BCUT2D eigenvalue weighted by Gasteiger charge is 2.25. The standard InChI is InChI=1S/C27H20N2O3S/c1-17-8-9-19-15-20(26(29-23(19)14-17)33-22-6-4-3-5-7-22)16-24-27(30)32-25(28-24)18-10-12-21(31-2)13-11-18/h3-16H,1-2H3. The summed E-state index contributed by atoms with van der Waals surface area (Å²) in [6.45, 7) is 2.05. The zero-order chi connectivity index (χ0) is 22.8. The number of rotatable bonds is 5. The molecule has 0 radical (unpaired) electrons. The number of aromatic nitrogens is 1. The largest absolute Gasteiger partial charge is 0.497 e. The molecule has 1 aliphatic rings. The fourth-order valence-corrected chi connectivity index (χ4v) is 4.37. The van der Waals surface area contributed by atoms with Gasteiger partial charge in [0.05, 0.1) is 12.6 Å². The van der Waals surface area contributed by atoms with E-state index in [1.54, 1.807) is 37.1 Å². The number of hydrogen-bond acceptors (Lipinski definition) is 6. The second-order valence-electron chi connectivity index (χ2n) is 7.56. The molecule has 0 N–H and O–H groups in total. The Morgan fingerprint density at radius 2 is 1.76 bits per heavy atom. The van der Waals surface area contributed by atoms with Crippen molar-refractivity contribution in [2.45, 2.75) is 16.8 Å². The summed E-state index contributed by atoms with van der Waals surface area (Å²) in [5, 5.41) is 1.79. The van der Waals surface area contributed by atoms with E-state index in [1.807, 2.05) is 61.5 Å². The average molecular weight is 453 g/mol. The van der Waals surface area contributed by atoms with Crippen LogP contribution in [0, 0.1) is 6.92 Å². The number of fused-ring (bicyclic) bond motifs is 1. The van der Waals surface area contributed by atoms with Crippen molar-refractivity contribution in [2.75, 3.05) is 7.11 Å². The van der Waals surface area contributed by atoms with E-state index in [0.717, 1.165) is 37.7 Å². The Labute approximate surface area is 195 Å². The van der Waals surface area contributed by atoms with Gasteiger partial charge in [-0.1, -0.05) is 42.1 Å². The lowest BCUT2D eigenvalue weighted by molar-refractivity contribution is -0.129. The Hall–Kier alpha value is -3.90. The molecule has 0 saturated carbocycles. The van der Waals surface area contributed by atoms with Crippen molar-refractivity contribution in [3.05, 3.63) is 101 Å². The molecule has 5 nitrogen and oxygen atoms in total. The van der Waals surface area contributed by atoms with Crippen molar-refractivity contribution in [3.8, 4) is 5.75 Å². The van der Waals surface area contributed by atoms with Gasteiger partial charge in [0.1, 0.15) is 10.8 Å². The lowest BCUT2D eigenvalue weighted by Crippen LogP contribution is -2.05. The van der Waals surface area contributed by atoms with Crippen molar-refractivity contribution in [3.63, 3.8) is 0 Å². The number of aliphatic imine (C=N–C) groups is 1. The van der Waals surface area contributed by atoms with Crippen molar-refractivity contribution < 1.29 is 14.3 Å². The molecule has 2 heterocycles. The molecule has 5 rings (SSSR count). The van der Waals surface area contributed by atoms with Gasteiger partial charge in [0.2, 0.25) is 5.90 Å². The first-order chi connectivity index (χ1) is 16.1. The summed E-state index contributed by atoms with van der Waals surface area (Å²) < 4.78 is 10.6.